The van der Waals surface area contributed by atoms with Crippen LogP contribution in [0.4, 0.5) is 0 Å². The van der Waals surface area contributed by atoms with E-state index < -0.39 is 5.54 Å². The molecule has 2 rings (SSSR count). The van der Waals surface area contributed by atoms with Gasteiger partial charge in [0.15, 0.2) is 0 Å². The van der Waals surface area contributed by atoms with Crippen LogP contribution in [0.5, 0.6) is 5.75 Å². The van der Waals surface area contributed by atoms with E-state index in [9.17, 15) is 9.90 Å². The highest BCUT2D eigenvalue weighted by Gasteiger charge is 2.39. The van der Waals surface area contributed by atoms with Crippen molar-refractivity contribution < 1.29 is 14.6 Å². The van der Waals surface area contributed by atoms with Gasteiger partial charge in [-0.2, -0.15) is 0 Å². The van der Waals surface area contributed by atoms with Gasteiger partial charge in [0.1, 0.15) is 5.75 Å². The molecular formula is C14H19NO3. The quantitative estimate of drug-likeness (QED) is 0.886. The van der Waals surface area contributed by atoms with Crippen molar-refractivity contribution >= 4 is 5.91 Å². The molecule has 0 aliphatic carbocycles. The largest absolute Gasteiger partial charge is 0.497 e. The number of hydrogen-bond acceptors (Lipinski definition) is 3. The van der Waals surface area contributed by atoms with Gasteiger partial charge in [0.2, 0.25) is 0 Å². The summed E-state index contributed by atoms with van der Waals surface area (Å²) >= 11 is 0. The first kappa shape index (κ1) is 12.9. The number of nitrogens with zero attached hydrogens (tertiary/aromatic N) is 1. The highest BCUT2D eigenvalue weighted by Crippen LogP contribution is 2.30. The minimum absolute atomic E-state index is 0.00269. The van der Waals surface area contributed by atoms with E-state index in [1.165, 1.54) is 0 Å². The maximum Gasteiger partial charge on any atom is 0.254 e. The van der Waals surface area contributed by atoms with Crippen LogP contribution in [0, 0.1) is 0 Å². The molecule has 1 heterocycles. The first-order valence-corrected chi connectivity index (χ1v) is 6.17. The van der Waals surface area contributed by atoms with Gasteiger partial charge in [-0.1, -0.05) is 6.07 Å². The standard InChI is InChI=1S/C14H19NO3/c1-14(10-16)7-4-8-15(14)13(17)11-5-3-6-12(9-11)18-2/h3,5-6,9,16H,4,7-8,10H2,1-2H3. The lowest BCUT2D eigenvalue weighted by Crippen LogP contribution is -2.47. The predicted molar refractivity (Wildman–Crippen MR) is 68.8 cm³/mol. The van der Waals surface area contributed by atoms with Crippen LogP contribution >= 0.6 is 0 Å². The van der Waals surface area contributed by atoms with E-state index in [0.717, 1.165) is 12.8 Å². The zero-order chi connectivity index (χ0) is 13.2. The number of aliphatic hydroxyl groups excluding tert-OH is 1. The summed E-state index contributed by atoms with van der Waals surface area (Å²) < 4.78 is 5.13. The molecule has 1 aromatic rings. The Morgan fingerprint density at radius 2 is 2.33 bits per heavy atom. The number of carbonyl (C=O) groups is 1. The molecule has 0 radical (unpaired) electrons. The Morgan fingerprint density at radius 1 is 1.56 bits per heavy atom. The summed E-state index contributed by atoms with van der Waals surface area (Å²) in [6.45, 7) is 2.63. The van der Waals surface area contributed by atoms with E-state index in [0.29, 0.717) is 17.9 Å². The number of benzene rings is 1. The third-order valence-electron chi connectivity index (χ3n) is 3.65. The number of likely N-dealkylation sites (tertiary alicyclic amines) is 1. The molecule has 1 aliphatic heterocycles. The lowest BCUT2D eigenvalue weighted by atomic mass is 9.99. The Balaban J connectivity index is 2.25. The average molecular weight is 249 g/mol. The van der Waals surface area contributed by atoms with Crippen LogP contribution in [0.3, 0.4) is 0 Å². The van der Waals surface area contributed by atoms with Crippen LogP contribution in [-0.2, 0) is 0 Å². The normalized spacial score (nSPS) is 23.2. The van der Waals surface area contributed by atoms with Crippen LogP contribution in [0.1, 0.15) is 30.1 Å². The second kappa shape index (κ2) is 4.98. The van der Waals surface area contributed by atoms with E-state index in [1.807, 2.05) is 13.0 Å². The topological polar surface area (TPSA) is 49.8 Å². The van der Waals surface area contributed by atoms with E-state index >= 15 is 0 Å². The molecule has 4 nitrogen and oxygen atoms in total. The first-order valence-electron chi connectivity index (χ1n) is 6.17. The van der Waals surface area contributed by atoms with E-state index in [2.05, 4.69) is 0 Å². The molecule has 1 saturated heterocycles. The molecule has 0 aromatic heterocycles. The molecule has 0 spiro atoms. The van der Waals surface area contributed by atoms with Crippen molar-refractivity contribution in [2.24, 2.45) is 0 Å². The predicted octanol–water partition coefficient (Wildman–Crippen LogP) is 1.68. The Bertz CT molecular complexity index is 446. The van der Waals surface area contributed by atoms with Crippen molar-refractivity contribution in [1.82, 2.24) is 4.90 Å². The van der Waals surface area contributed by atoms with Crippen molar-refractivity contribution in [2.75, 3.05) is 20.3 Å². The minimum atomic E-state index is -0.430. The Morgan fingerprint density at radius 3 is 3.00 bits per heavy atom. The average Bonchev–Trinajstić information content (AvgIpc) is 2.80. The molecule has 1 N–H and O–H groups in total. The van der Waals surface area contributed by atoms with Crippen LogP contribution in [-0.4, -0.2) is 41.7 Å². The molecule has 1 aromatic carbocycles. The SMILES string of the molecule is COc1cccc(C(=O)N2CCCC2(C)CO)c1. The molecule has 0 saturated carbocycles. The Kier molecular flexibility index (Phi) is 3.57. The van der Waals surface area contributed by atoms with Gasteiger partial charge in [0.05, 0.1) is 19.3 Å². The summed E-state index contributed by atoms with van der Waals surface area (Å²) in [6, 6.07) is 7.13. The van der Waals surface area contributed by atoms with Crippen LogP contribution in [0.2, 0.25) is 0 Å². The van der Waals surface area contributed by atoms with Gasteiger partial charge in [0.25, 0.3) is 5.91 Å². The molecular weight excluding hydrogens is 230 g/mol. The summed E-state index contributed by atoms with van der Waals surface area (Å²) in [5.74, 6) is 0.633. The van der Waals surface area contributed by atoms with Gasteiger partial charge in [-0.05, 0) is 38.0 Å². The lowest BCUT2D eigenvalue weighted by molar-refractivity contribution is 0.0472. The molecule has 4 heteroatoms. The molecule has 1 fully saturated rings. The summed E-state index contributed by atoms with van der Waals surface area (Å²) in [4.78, 5) is 14.2. The van der Waals surface area contributed by atoms with E-state index in [4.69, 9.17) is 4.74 Å². The second-order valence-electron chi connectivity index (χ2n) is 4.95. The van der Waals surface area contributed by atoms with Crippen LogP contribution in [0.25, 0.3) is 0 Å². The zero-order valence-corrected chi connectivity index (χ0v) is 10.8. The molecule has 1 atom stereocenters. The maximum absolute atomic E-state index is 12.4. The molecule has 18 heavy (non-hydrogen) atoms. The fourth-order valence-corrected chi connectivity index (χ4v) is 2.45. The number of aliphatic hydroxyl groups is 1. The second-order valence-corrected chi connectivity index (χ2v) is 4.95. The van der Waals surface area contributed by atoms with Gasteiger partial charge >= 0.3 is 0 Å². The number of methoxy groups -OCH3 is 1. The number of ether oxygens (including phenoxy) is 1. The first-order chi connectivity index (χ1) is 8.60. The van der Waals surface area contributed by atoms with Gasteiger partial charge in [0, 0.05) is 12.1 Å². The third kappa shape index (κ3) is 2.20. The van der Waals surface area contributed by atoms with Crippen molar-refractivity contribution in [3.05, 3.63) is 29.8 Å². The molecule has 0 bridgehead atoms. The highest BCUT2D eigenvalue weighted by molar-refractivity contribution is 5.95. The van der Waals surface area contributed by atoms with Gasteiger partial charge in [-0.25, -0.2) is 0 Å². The number of rotatable bonds is 3. The smallest absolute Gasteiger partial charge is 0.254 e. The van der Waals surface area contributed by atoms with Crippen molar-refractivity contribution in [3.8, 4) is 5.75 Å². The minimum Gasteiger partial charge on any atom is -0.497 e. The van der Waals surface area contributed by atoms with Crippen LogP contribution in [0.15, 0.2) is 24.3 Å². The fourth-order valence-electron chi connectivity index (χ4n) is 2.45. The summed E-state index contributed by atoms with van der Waals surface area (Å²) in [6.07, 6.45) is 1.78. The van der Waals surface area contributed by atoms with Crippen molar-refractivity contribution in [1.29, 1.82) is 0 Å². The van der Waals surface area contributed by atoms with E-state index in [1.54, 1.807) is 30.2 Å². The molecule has 1 amide bonds. The zero-order valence-electron chi connectivity index (χ0n) is 10.8. The Labute approximate surface area is 107 Å². The van der Waals surface area contributed by atoms with Gasteiger partial charge < -0.3 is 14.7 Å². The Hall–Kier alpha value is -1.55. The van der Waals surface area contributed by atoms with Crippen molar-refractivity contribution in [2.45, 2.75) is 25.3 Å². The molecule has 1 aliphatic rings. The highest BCUT2D eigenvalue weighted by atomic mass is 16.5. The van der Waals surface area contributed by atoms with Gasteiger partial charge in [-0.15, -0.1) is 0 Å². The summed E-state index contributed by atoms with van der Waals surface area (Å²) in [7, 11) is 1.58. The molecule has 98 valence electrons. The number of amides is 1. The summed E-state index contributed by atoms with van der Waals surface area (Å²) in [5.41, 5.74) is 0.177. The number of hydrogen-bond donors (Lipinski definition) is 1. The van der Waals surface area contributed by atoms with Gasteiger partial charge in [-0.3, -0.25) is 4.79 Å². The van der Waals surface area contributed by atoms with Crippen molar-refractivity contribution in [3.63, 3.8) is 0 Å². The number of carbonyl (C=O) groups excluding carboxylic acids is 1. The lowest BCUT2D eigenvalue weighted by Gasteiger charge is -2.33. The third-order valence-corrected chi connectivity index (χ3v) is 3.65. The van der Waals surface area contributed by atoms with Crippen LogP contribution < -0.4 is 4.74 Å². The molecule has 1 unspecified atom stereocenters. The summed E-state index contributed by atoms with van der Waals surface area (Å²) in [5, 5.41) is 9.47. The van der Waals surface area contributed by atoms with E-state index in [-0.39, 0.29) is 12.5 Å². The maximum atomic E-state index is 12.4. The monoisotopic (exact) mass is 249 g/mol. The fraction of sp³-hybridized carbons (Fsp3) is 0.500.